The second-order valence-corrected chi connectivity index (χ2v) is 1.50. The molecule has 0 aliphatic heterocycles. The van der Waals surface area contributed by atoms with Crippen molar-refractivity contribution in [2.24, 2.45) is 0 Å². The first kappa shape index (κ1) is 15.7. The van der Waals surface area contributed by atoms with E-state index in [1.807, 2.05) is 0 Å². The van der Waals surface area contributed by atoms with Gasteiger partial charge in [0.1, 0.15) is 0 Å². The first-order chi connectivity index (χ1) is 1.73. The second kappa shape index (κ2) is 9.61. The molecule has 0 bridgehead atoms. The Morgan fingerprint density at radius 1 is 1.17 bits per heavy atom. The molecule has 0 amide bonds. The van der Waals surface area contributed by atoms with E-state index in [1.54, 1.807) is 0 Å². The van der Waals surface area contributed by atoms with Crippen LogP contribution in [0.25, 0.3) is 0 Å². The molecule has 30 valence electrons. The summed E-state index contributed by atoms with van der Waals surface area (Å²) in [6.45, 7) is 6.25. The van der Waals surface area contributed by atoms with Gasteiger partial charge in [-0.2, -0.15) is 20.8 Å². The molecule has 2 heteroatoms. The summed E-state index contributed by atoms with van der Waals surface area (Å²) >= 11 is 0. The van der Waals surface area contributed by atoms with Crippen molar-refractivity contribution in [2.75, 3.05) is 0 Å². The molecule has 0 nitrogen and oxygen atoms in total. The number of rotatable bonds is 0. The van der Waals surface area contributed by atoms with Crippen LogP contribution in [0.3, 0.4) is 0 Å². The summed E-state index contributed by atoms with van der Waals surface area (Å²) < 4.78 is 0. The fraction of sp³-hybridized carbons (Fsp3) is 0.750. The van der Waals surface area contributed by atoms with Gasteiger partial charge in [0.2, 0.25) is 0 Å². The van der Waals surface area contributed by atoms with E-state index in [1.165, 1.54) is 5.92 Å². The standard InChI is InChI=1S/C4H9.Li.Mg.2H/c1-4(2)3;;;;/h1-3H3;;;;/q-1;+1;+2;2*-1. The summed E-state index contributed by atoms with van der Waals surface area (Å²) in [5, 5.41) is 0. The largest absolute Gasteiger partial charge is 2.00 e. The summed E-state index contributed by atoms with van der Waals surface area (Å²) in [5.41, 5.74) is 0. The van der Waals surface area contributed by atoms with Gasteiger partial charge in [-0.1, -0.05) is 0 Å². The Balaban J connectivity index is -0.00000000750. The van der Waals surface area contributed by atoms with E-state index in [-0.39, 0.29) is 44.8 Å². The van der Waals surface area contributed by atoms with Crippen molar-refractivity contribution in [3.63, 3.8) is 0 Å². The van der Waals surface area contributed by atoms with Crippen LogP contribution in [0.15, 0.2) is 0 Å². The van der Waals surface area contributed by atoms with Crippen LogP contribution in [0.1, 0.15) is 23.6 Å². The smallest absolute Gasteiger partial charge is 1.00 e. The quantitative estimate of drug-likeness (QED) is 0.250. The van der Waals surface area contributed by atoms with Gasteiger partial charge < -0.3 is 8.77 Å². The first-order valence-corrected chi connectivity index (χ1v) is 1.50. The van der Waals surface area contributed by atoms with E-state index in [2.05, 4.69) is 20.8 Å². The summed E-state index contributed by atoms with van der Waals surface area (Å²) in [4.78, 5) is 0. The van der Waals surface area contributed by atoms with Crippen LogP contribution < -0.4 is 18.9 Å². The Hall–Kier alpha value is 1.36. The summed E-state index contributed by atoms with van der Waals surface area (Å²) in [6, 6.07) is 0. The van der Waals surface area contributed by atoms with Crippen molar-refractivity contribution in [2.45, 2.75) is 20.8 Å². The predicted molar refractivity (Wildman–Crippen MR) is 28.2 cm³/mol. The molecule has 0 atom stereocenters. The van der Waals surface area contributed by atoms with Crippen molar-refractivity contribution in [3.05, 3.63) is 5.92 Å². The van der Waals surface area contributed by atoms with Crippen molar-refractivity contribution in [3.8, 4) is 0 Å². The molecule has 0 N–H and O–H groups in total. The average Bonchev–Trinajstić information content (AvgIpc) is 0.811. The zero-order valence-corrected chi connectivity index (χ0v) is 6.62. The van der Waals surface area contributed by atoms with Gasteiger partial charge in [0, 0.05) is 0 Å². The monoisotopic (exact) mass is 90.1 g/mol. The third-order valence-corrected chi connectivity index (χ3v) is 0. The SMILES string of the molecule is C[C-](C)C.[H-].[H-].[Li+].[Mg+2]. The van der Waals surface area contributed by atoms with Gasteiger partial charge in [-0.25, -0.2) is 0 Å². The van der Waals surface area contributed by atoms with Crippen LogP contribution in [-0.4, -0.2) is 23.1 Å². The predicted octanol–water partition coefficient (Wildman–Crippen LogP) is -1.53. The summed E-state index contributed by atoms with van der Waals surface area (Å²) in [6.07, 6.45) is 0. The molecule has 0 saturated heterocycles. The second-order valence-electron chi connectivity index (χ2n) is 1.50. The van der Waals surface area contributed by atoms with E-state index in [4.69, 9.17) is 0 Å². The van der Waals surface area contributed by atoms with E-state index >= 15 is 0 Å². The fourth-order valence-electron chi connectivity index (χ4n) is 0. The third kappa shape index (κ3) is 54.9. The molecule has 0 radical (unpaired) electrons. The van der Waals surface area contributed by atoms with Gasteiger partial charge in [-0.15, -0.1) is 0 Å². The Morgan fingerprint density at radius 2 is 1.17 bits per heavy atom. The third-order valence-electron chi connectivity index (χ3n) is 0. The molecule has 6 heavy (non-hydrogen) atoms. The zero-order valence-electron chi connectivity index (χ0n) is 7.21. The maximum atomic E-state index is 2.08. The van der Waals surface area contributed by atoms with Crippen molar-refractivity contribution < 1.29 is 21.7 Å². The van der Waals surface area contributed by atoms with Gasteiger partial charge in [0.15, 0.2) is 0 Å². The molecular weight excluding hydrogens is 79.3 g/mol. The van der Waals surface area contributed by atoms with Gasteiger partial charge in [0.25, 0.3) is 0 Å². The van der Waals surface area contributed by atoms with Gasteiger partial charge in [0.05, 0.1) is 0 Å². The molecular formula is C4H11LiMg. The molecule has 0 aliphatic rings. The Bertz CT molecular complexity index is 18.8. The van der Waals surface area contributed by atoms with Gasteiger partial charge in [-0.05, 0) is 0 Å². The maximum Gasteiger partial charge on any atom is 2.00 e. The van der Waals surface area contributed by atoms with Crippen LogP contribution in [0.2, 0.25) is 0 Å². The molecule has 0 spiro atoms. The zero-order chi connectivity index (χ0) is 3.58. The molecule has 0 unspecified atom stereocenters. The first-order valence-electron chi connectivity index (χ1n) is 1.50. The van der Waals surface area contributed by atoms with Crippen LogP contribution in [-0.2, 0) is 0 Å². The minimum Gasteiger partial charge on any atom is -1.00 e. The summed E-state index contributed by atoms with van der Waals surface area (Å²) in [7, 11) is 0. The molecule has 0 fully saturated rings. The molecule has 0 aromatic rings. The Morgan fingerprint density at radius 3 is 1.17 bits per heavy atom. The average molecular weight is 90.4 g/mol. The van der Waals surface area contributed by atoms with Crippen LogP contribution in [0.5, 0.6) is 0 Å². The van der Waals surface area contributed by atoms with E-state index < -0.39 is 0 Å². The summed E-state index contributed by atoms with van der Waals surface area (Å²) in [5.74, 6) is 1.42. The van der Waals surface area contributed by atoms with Crippen molar-refractivity contribution in [1.82, 2.24) is 0 Å². The fourth-order valence-corrected chi connectivity index (χ4v) is 0. The normalized spacial score (nSPS) is 6.00. The maximum absolute atomic E-state index is 2.08. The van der Waals surface area contributed by atoms with Crippen molar-refractivity contribution in [1.29, 1.82) is 0 Å². The van der Waals surface area contributed by atoms with Crippen LogP contribution in [0.4, 0.5) is 0 Å². The molecule has 0 saturated carbocycles. The van der Waals surface area contributed by atoms with E-state index in [0.29, 0.717) is 0 Å². The molecule has 0 aromatic heterocycles. The Labute approximate surface area is 71.4 Å². The minimum absolute atomic E-state index is 0. The number of hydrogen-bond acceptors (Lipinski definition) is 0. The van der Waals surface area contributed by atoms with Gasteiger partial charge in [-0.3, -0.25) is 0 Å². The molecule has 0 aromatic carbocycles. The molecule has 0 heterocycles. The number of hydrogen-bond donors (Lipinski definition) is 0. The van der Waals surface area contributed by atoms with Gasteiger partial charge >= 0.3 is 41.9 Å². The Kier molecular flexibility index (Phi) is 25.1. The van der Waals surface area contributed by atoms with Crippen LogP contribution in [0, 0.1) is 5.92 Å². The molecule has 0 aliphatic carbocycles. The topological polar surface area (TPSA) is 0 Å². The molecule has 0 rings (SSSR count). The van der Waals surface area contributed by atoms with E-state index in [9.17, 15) is 0 Å². The minimum atomic E-state index is 0. The van der Waals surface area contributed by atoms with Crippen LogP contribution >= 0.6 is 0 Å². The van der Waals surface area contributed by atoms with Crippen molar-refractivity contribution >= 4 is 23.1 Å². The van der Waals surface area contributed by atoms with E-state index in [0.717, 1.165) is 0 Å².